The van der Waals surface area contributed by atoms with Crippen LogP contribution in [-0.4, -0.2) is 15.9 Å². The molecule has 0 radical (unpaired) electrons. The van der Waals surface area contributed by atoms with Gasteiger partial charge in [0.05, 0.1) is 21.8 Å². The maximum Gasteiger partial charge on any atom is 0.417 e. The number of benzene rings is 1. The summed E-state index contributed by atoms with van der Waals surface area (Å²) in [6, 6.07) is 5.23. The molecule has 12 heteroatoms. The van der Waals surface area contributed by atoms with Crippen LogP contribution in [0.1, 0.15) is 15.9 Å². The molecule has 1 N–H and O–H groups in total. The van der Waals surface area contributed by atoms with E-state index in [2.05, 4.69) is 15.3 Å². The van der Waals surface area contributed by atoms with Crippen molar-refractivity contribution in [1.29, 1.82) is 0 Å². The second-order valence-corrected chi connectivity index (χ2v) is 6.90. The Bertz CT molecular complexity index is 1130. The zero-order valence-corrected chi connectivity index (χ0v) is 16.7. The van der Waals surface area contributed by atoms with Crippen LogP contribution in [0.2, 0.25) is 15.2 Å². The number of nitrogens with zero attached hydrogens (tertiary/aromatic N) is 2. The Morgan fingerprint density at radius 1 is 1.00 bits per heavy atom. The number of carbonyl (C=O) groups is 1. The average Bonchev–Trinajstić information content (AvgIpc) is 2.64. The first kappa shape index (κ1) is 22.1. The minimum atomic E-state index is -4.62. The summed E-state index contributed by atoms with van der Waals surface area (Å²) in [7, 11) is 0. The number of amides is 1. The van der Waals surface area contributed by atoms with Crippen LogP contribution in [0.3, 0.4) is 0 Å². The highest BCUT2D eigenvalue weighted by Gasteiger charge is 2.31. The van der Waals surface area contributed by atoms with E-state index in [9.17, 15) is 22.4 Å². The first-order chi connectivity index (χ1) is 14.0. The van der Waals surface area contributed by atoms with Crippen molar-refractivity contribution in [3.05, 3.63) is 74.9 Å². The van der Waals surface area contributed by atoms with Gasteiger partial charge in [0, 0.05) is 18.5 Å². The van der Waals surface area contributed by atoms with Gasteiger partial charge in [-0.05, 0) is 24.3 Å². The highest BCUT2D eigenvalue weighted by molar-refractivity contribution is 6.36. The van der Waals surface area contributed by atoms with Crippen molar-refractivity contribution in [3.8, 4) is 11.6 Å². The minimum Gasteiger partial charge on any atom is -0.437 e. The van der Waals surface area contributed by atoms with E-state index >= 15 is 0 Å². The fraction of sp³-hybridized carbons (Fsp3) is 0.0556. The molecule has 3 rings (SSSR count). The molecule has 0 aliphatic carbocycles. The summed E-state index contributed by atoms with van der Waals surface area (Å²) in [4.78, 5) is 19.5. The van der Waals surface area contributed by atoms with Crippen molar-refractivity contribution in [2.75, 3.05) is 5.32 Å². The van der Waals surface area contributed by atoms with Crippen LogP contribution in [0.15, 0.2) is 42.7 Å². The van der Waals surface area contributed by atoms with E-state index < -0.39 is 28.5 Å². The molecule has 0 saturated heterocycles. The number of hydrogen-bond donors (Lipinski definition) is 1. The molecule has 0 spiro atoms. The fourth-order valence-electron chi connectivity index (χ4n) is 2.19. The normalized spacial score (nSPS) is 11.3. The Labute approximate surface area is 181 Å². The number of ether oxygens (including phenoxy) is 1. The predicted octanol–water partition coefficient (Wildman–Crippen LogP) is 6.64. The Morgan fingerprint density at radius 2 is 1.73 bits per heavy atom. The number of halogens is 7. The highest BCUT2D eigenvalue weighted by atomic mass is 35.5. The molecular weight excluding hydrogens is 473 g/mol. The van der Waals surface area contributed by atoms with Gasteiger partial charge < -0.3 is 10.1 Å². The third kappa shape index (κ3) is 5.10. The lowest BCUT2D eigenvalue weighted by Gasteiger charge is -2.11. The Balaban J connectivity index is 1.76. The zero-order chi connectivity index (χ0) is 22.1. The number of nitrogens with one attached hydrogen (secondary N) is 1. The molecule has 30 heavy (non-hydrogen) atoms. The molecular formula is C18H8Cl3F4N3O2. The van der Waals surface area contributed by atoms with Gasteiger partial charge >= 0.3 is 6.18 Å². The van der Waals surface area contributed by atoms with Crippen LogP contribution in [0.5, 0.6) is 11.6 Å². The second kappa shape index (κ2) is 8.63. The summed E-state index contributed by atoms with van der Waals surface area (Å²) in [6.45, 7) is 0. The van der Waals surface area contributed by atoms with Gasteiger partial charge in [0.15, 0.2) is 0 Å². The lowest BCUT2D eigenvalue weighted by Crippen LogP contribution is -2.14. The van der Waals surface area contributed by atoms with Gasteiger partial charge in [-0.15, -0.1) is 0 Å². The number of carbonyl (C=O) groups excluding carboxylic acids is 1. The van der Waals surface area contributed by atoms with Gasteiger partial charge in [0.25, 0.3) is 5.91 Å². The smallest absolute Gasteiger partial charge is 0.417 e. The topological polar surface area (TPSA) is 64.1 Å². The summed E-state index contributed by atoms with van der Waals surface area (Å²) in [5, 5.41) is 2.01. The summed E-state index contributed by atoms with van der Waals surface area (Å²) in [5.74, 6) is -2.07. The molecule has 0 aliphatic rings. The number of hydrogen-bond acceptors (Lipinski definition) is 4. The molecule has 0 fully saturated rings. The number of rotatable bonds is 4. The van der Waals surface area contributed by atoms with Crippen molar-refractivity contribution < 1.29 is 27.1 Å². The number of anilines is 1. The molecule has 3 aromatic rings. The molecule has 0 unspecified atom stereocenters. The standard InChI is InChI=1S/C18H8Cl3F4N3O2/c19-11-5-15(21)26-7-10(11)16(29)28-14-2-1-9(4-13(14)22)30-17-12(20)3-8(6-27-17)18(23,24)25/h1-7H,(H,28,29). The SMILES string of the molecule is O=C(Nc1ccc(Oc2ncc(C(F)(F)F)cc2Cl)cc1F)c1cnc(Cl)cc1Cl. The first-order valence-electron chi connectivity index (χ1n) is 7.87. The first-order valence-corrected chi connectivity index (χ1v) is 9.00. The number of pyridine rings is 2. The van der Waals surface area contributed by atoms with E-state index in [4.69, 9.17) is 39.5 Å². The Hall–Kier alpha value is -2.62. The van der Waals surface area contributed by atoms with E-state index in [0.29, 0.717) is 12.3 Å². The fourth-order valence-corrected chi connectivity index (χ4v) is 2.85. The average molecular weight is 481 g/mol. The minimum absolute atomic E-state index is 0.0240. The van der Waals surface area contributed by atoms with Crippen LogP contribution >= 0.6 is 34.8 Å². The number of aromatic nitrogens is 2. The third-order valence-corrected chi connectivity index (χ3v) is 4.39. The molecule has 0 aliphatic heterocycles. The molecule has 0 bridgehead atoms. The molecule has 156 valence electrons. The predicted molar refractivity (Wildman–Crippen MR) is 103 cm³/mol. The summed E-state index contributed by atoms with van der Waals surface area (Å²) < 4.78 is 57.5. The van der Waals surface area contributed by atoms with Gasteiger partial charge in [-0.1, -0.05) is 34.8 Å². The zero-order valence-electron chi connectivity index (χ0n) is 14.4. The van der Waals surface area contributed by atoms with Crippen molar-refractivity contribution in [2.45, 2.75) is 6.18 Å². The van der Waals surface area contributed by atoms with Crippen LogP contribution in [0.25, 0.3) is 0 Å². The van der Waals surface area contributed by atoms with E-state index in [0.717, 1.165) is 12.3 Å². The molecule has 0 saturated carbocycles. The summed E-state index contributed by atoms with van der Waals surface area (Å²) in [5.41, 5.74) is -1.29. The Kier molecular flexibility index (Phi) is 6.35. The van der Waals surface area contributed by atoms with E-state index in [1.807, 2.05) is 0 Å². The second-order valence-electron chi connectivity index (χ2n) is 5.69. The van der Waals surface area contributed by atoms with Crippen LogP contribution in [0, 0.1) is 5.82 Å². The molecule has 5 nitrogen and oxygen atoms in total. The van der Waals surface area contributed by atoms with Crippen molar-refractivity contribution >= 4 is 46.4 Å². The van der Waals surface area contributed by atoms with E-state index in [1.54, 1.807) is 0 Å². The van der Waals surface area contributed by atoms with Gasteiger partial charge in [0.1, 0.15) is 21.7 Å². The van der Waals surface area contributed by atoms with Gasteiger partial charge in [0.2, 0.25) is 5.88 Å². The number of alkyl halides is 3. The van der Waals surface area contributed by atoms with Crippen molar-refractivity contribution in [2.24, 2.45) is 0 Å². The monoisotopic (exact) mass is 479 g/mol. The highest BCUT2D eigenvalue weighted by Crippen LogP contribution is 2.35. The van der Waals surface area contributed by atoms with Gasteiger partial charge in [-0.2, -0.15) is 13.2 Å². The largest absolute Gasteiger partial charge is 0.437 e. The molecule has 2 heterocycles. The van der Waals surface area contributed by atoms with Crippen LogP contribution < -0.4 is 10.1 Å². The molecule has 0 atom stereocenters. The van der Waals surface area contributed by atoms with Crippen LogP contribution in [0.4, 0.5) is 23.2 Å². The van der Waals surface area contributed by atoms with Gasteiger partial charge in [-0.25, -0.2) is 14.4 Å². The van der Waals surface area contributed by atoms with Gasteiger partial charge in [-0.3, -0.25) is 4.79 Å². The maximum absolute atomic E-state index is 14.3. The lowest BCUT2D eigenvalue weighted by atomic mass is 10.2. The summed E-state index contributed by atoms with van der Waals surface area (Å²) in [6.07, 6.45) is -2.95. The third-order valence-electron chi connectivity index (χ3n) is 3.60. The molecule has 1 aromatic carbocycles. The van der Waals surface area contributed by atoms with Crippen molar-refractivity contribution in [3.63, 3.8) is 0 Å². The molecule has 2 aromatic heterocycles. The quantitative estimate of drug-likeness (QED) is 0.336. The summed E-state index contributed by atoms with van der Waals surface area (Å²) >= 11 is 17.3. The van der Waals surface area contributed by atoms with E-state index in [1.165, 1.54) is 18.2 Å². The maximum atomic E-state index is 14.3. The van der Waals surface area contributed by atoms with Crippen molar-refractivity contribution in [1.82, 2.24) is 9.97 Å². The Morgan fingerprint density at radius 3 is 2.33 bits per heavy atom. The molecule has 1 amide bonds. The lowest BCUT2D eigenvalue weighted by molar-refractivity contribution is -0.137. The van der Waals surface area contributed by atoms with E-state index in [-0.39, 0.29) is 33.1 Å². The van der Waals surface area contributed by atoms with Crippen LogP contribution in [-0.2, 0) is 6.18 Å².